The molecule has 94 valence electrons. The maximum Gasteiger partial charge on any atom is 0.166 e. The number of benzene rings is 1. The van der Waals surface area contributed by atoms with Crippen molar-refractivity contribution in [1.82, 2.24) is 0 Å². The molecule has 0 radical (unpaired) electrons. The van der Waals surface area contributed by atoms with Gasteiger partial charge >= 0.3 is 0 Å². The van der Waals surface area contributed by atoms with Gasteiger partial charge in [0.25, 0.3) is 0 Å². The van der Waals surface area contributed by atoms with Crippen molar-refractivity contribution in [3.63, 3.8) is 0 Å². The van der Waals surface area contributed by atoms with Crippen LogP contribution < -0.4 is 0 Å². The third kappa shape index (κ3) is 2.82. The molecular weight excluding hydrogens is 254 g/mol. The largest absolute Gasteiger partial charge is 0.294 e. The van der Waals surface area contributed by atoms with E-state index in [9.17, 15) is 13.6 Å². The summed E-state index contributed by atoms with van der Waals surface area (Å²) in [5, 5.41) is 1.93. The molecule has 0 aliphatic heterocycles. The lowest BCUT2D eigenvalue weighted by Gasteiger charge is -2.04. The van der Waals surface area contributed by atoms with Gasteiger partial charge in [0.15, 0.2) is 5.78 Å². The average Bonchev–Trinajstić information content (AvgIpc) is 2.84. The fraction of sp³-hybridized carbons (Fsp3) is 0.214. The molecule has 0 fully saturated rings. The molecule has 0 spiro atoms. The number of thiophene rings is 1. The Bertz CT molecular complexity index is 561. The van der Waals surface area contributed by atoms with Crippen molar-refractivity contribution in [3.8, 4) is 0 Å². The molecule has 0 aliphatic carbocycles. The molecule has 1 aromatic heterocycles. The number of hydrogen-bond acceptors (Lipinski definition) is 2. The van der Waals surface area contributed by atoms with Gasteiger partial charge in [-0.2, -0.15) is 0 Å². The predicted octanol–water partition coefficient (Wildman–Crippen LogP) is 4.15. The second kappa shape index (κ2) is 5.40. The molecule has 0 atom stereocenters. The molecule has 18 heavy (non-hydrogen) atoms. The van der Waals surface area contributed by atoms with Gasteiger partial charge < -0.3 is 0 Å². The standard InChI is InChI=1S/C14H12F2OS/c1-9-7-11(13(16)8-12(9)15)14(17)5-4-10-3-2-6-18-10/h2-3,6-8H,4-5H2,1H3. The summed E-state index contributed by atoms with van der Waals surface area (Å²) < 4.78 is 26.6. The molecule has 0 N–H and O–H groups in total. The Kier molecular flexibility index (Phi) is 3.87. The van der Waals surface area contributed by atoms with Crippen LogP contribution in [-0.4, -0.2) is 5.78 Å². The highest BCUT2D eigenvalue weighted by molar-refractivity contribution is 7.09. The van der Waals surface area contributed by atoms with Crippen molar-refractivity contribution in [2.45, 2.75) is 19.8 Å². The molecule has 2 rings (SSSR count). The van der Waals surface area contributed by atoms with E-state index in [4.69, 9.17) is 0 Å². The molecular formula is C14H12F2OS. The summed E-state index contributed by atoms with van der Waals surface area (Å²) in [6.07, 6.45) is 0.828. The Morgan fingerprint density at radius 1 is 1.28 bits per heavy atom. The molecule has 1 aromatic carbocycles. The van der Waals surface area contributed by atoms with Crippen LogP contribution in [0.4, 0.5) is 8.78 Å². The number of carbonyl (C=O) groups excluding carboxylic acids is 1. The van der Waals surface area contributed by atoms with Crippen molar-refractivity contribution < 1.29 is 13.6 Å². The fourth-order valence-corrected chi connectivity index (χ4v) is 2.41. The van der Waals surface area contributed by atoms with Gasteiger partial charge in [-0.05, 0) is 36.4 Å². The van der Waals surface area contributed by atoms with E-state index in [1.165, 1.54) is 13.0 Å². The van der Waals surface area contributed by atoms with Crippen LogP contribution >= 0.6 is 11.3 Å². The quantitative estimate of drug-likeness (QED) is 0.760. The summed E-state index contributed by atoms with van der Waals surface area (Å²) in [4.78, 5) is 13.0. The fourth-order valence-electron chi connectivity index (χ4n) is 1.70. The predicted molar refractivity (Wildman–Crippen MR) is 68.1 cm³/mol. The number of rotatable bonds is 4. The van der Waals surface area contributed by atoms with Crippen LogP contribution in [0.15, 0.2) is 29.6 Å². The molecule has 1 heterocycles. The summed E-state index contributed by atoms with van der Waals surface area (Å²) in [7, 11) is 0. The van der Waals surface area contributed by atoms with Gasteiger partial charge in [0.2, 0.25) is 0 Å². The average molecular weight is 266 g/mol. The third-order valence-electron chi connectivity index (χ3n) is 2.73. The lowest BCUT2D eigenvalue weighted by atomic mass is 10.0. The second-order valence-corrected chi connectivity index (χ2v) is 5.12. The first-order chi connectivity index (χ1) is 8.58. The van der Waals surface area contributed by atoms with Crippen molar-refractivity contribution in [2.24, 2.45) is 0 Å². The van der Waals surface area contributed by atoms with Gasteiger partial charge in [0.05, 0.1) is 5.56 Å². The maximum absolute atomic E-state index is 13.5. The number of aryl methyl sites for hydroxylation is 2. The normalized spacial score (nSPS) is 10.6. The molecule has 1 nitrogen and oxygen atoms in total. The van der Waals surface area contributed by atoms with Crippen LogP contribution in [-0.2, 0) is 6.42 Å². The second-order valence-electron chi connectivity index (χ2n) is 4.08. The Hall–Kier alpha value is -1.55. The van der Waals surface area contributed by atoms with Crippen LogP contribution in [0.25, 0.3) is 0 Å². The first kappa shape index (κ1) is 12.9. The van der Waals surface area contributed by atoms with Crippen molar-refractivity contribution in [1.29, 1.82) is 0 Å². The van der Waals surface area contributed by atoms with E-state index >= 15 is 0 Å². The Balaban J connectivity index is 2.11. The highest BCUT2D eigenvalue weighted by Crippen LogP contribution is 2.18. The molecule has 0 aliphatic rings. The summed E-state index contributed by atoms with van der Waals surface area (Å²) in [6.45, 7) is 1.52. The zero-order valence-electron chi connectivity index (χ0n) is 9.87. The minimum atomic E-state index is -0.783. The summed E-state index contributed by atoms with van der Waals surface area (Å²) in [5.41, 5.74) is 0.265. The molecule has 0 unspecified atom stereocenters. The van der Waals surface area contributed by atoms with E-state index in [1.807, 2.05) is 17.5 Å². The Morgan fingerprint density at radius 2 is 2.06 bits per heavy atom. The van der Waals surface area contributed by atoms with E-state index in [0.717, 1.165) is 10.9 Å². The maximum atomic E-state index is 13.5. The minimum absolute atomic E-state index is 0.0227. The Labute approximate surface area is 108 Å². The van der Waals surface area contributed by atoms with Crippen LogP contribution in [0.3, 0.4) is 0 Å². The van der Waals surface area contributed by atoms with Gasteiger partial charge in [-0.3, -0.25) is 4.79 Å². The topological polar surface area (TPSA) is 17.1 Å². The molecule has 2 aromatic rings. The number of carbonyl (C=O) groups is 1. The van der Waals surface area contributed by atoms with E-state index in [-0.39, 0.29) is 23.3 Å². The van der Waals surface area contributed by atoms with E-state index in [0.29, 0.717) is 6.42 Å². The zero-order chi connectivity index (χ0) is 13.1. The number of ketones is 1. The van der Waals surface area contributed by atoms with Crippen molar-refractivity contribution in [3.05, 3.63) is 57.3 Å². The first-order valence-corrected chi connectivity index (χ1v) is 6.47. The third-order valence-corrected chi connectivity index (χ3v) is 3.66. The number of hydrogen-bond donors (Lipinski definition) is 0. The molecule has 0 bridgehead atoms. The van der Waals surface area contributed by atoms with Gasteiger partial charge in [0.1, 0.15) is 11.6 Å². The van der Waals surface area contributed by atoms with Gasteiger partial charge in [-0.15, -0.1) is 11.3 Å². The van der Waals surface area contributed by atoms with Crippen LogP contribution in [0, 0.1) is 18.6 Å². The highest BCUT2D eigenvalue weighted by Gasteiger charge is 2.14. The van der Waals surface area contributed by atoms with Crippen LogP contribution in [0.1, 0.15) is 27.2 Å². The number of Topliss-reactive ketones (excluding diaryl/α,β-unsaturated/α-hetero) is 1. The SMILES string of the molecule is Cc1cc(C(=O)CCc2cccs2)c(F)cc1F. The molecule has 0 saturated heterocycles. The van der Waals surface area contributed by atoms with Gasteiger partial charge in [-0.25, -0.2) is 8.78 Å². The summed E-state index contributed by atoms with van der Waals surface area (Å²) in [6, 6.07) is 5.90. The lowest BCUT2D eigenvalue weighted by Crippen LogP contribution is -2.05. The van der Waals surface area contributed by atoms with Gasteiger partial charge in [-0.1, -0.05) is 6.07 Å². The summed E-state index contributed by atoms with van der Waals surface area (Å²) >= 11 is 1.56. The van der Waals surface area contributed by atoms with Crippen LogP contribution in [0.2, 0.25) is 0 Å². The van der Waals surface area contributed by atoms with Crippen LogP contribution in [0.5, 0.6) is 0 Å². The van der Waals surface area contributed by atoms with E-state index in [1.54, 1.807) is 11.3 Å². The summed E-state index contributed by atoms with van der Waals surface area (Å²) in [5.74, 6) is -1.69. The molecule has 0 saturated carbocycles. The van der Waals surface area contributed by atoms with Crippen molar-refractivity contribution in [2.75, 3.05) is 0 Å². The smallest absolute Gasteiger partial charge is 0.166 e. The van der Waals surface area contributed by atoms with E-state index in [2.05, 4.69) is 0 Å². The first-order valence-electron chi connectivity index (χ1n) is 5.59. The minimum Gasteiger partial charge on any atom is -0.294 e. The molecule has 0 amide bonds. The lowest BCUT2D eigenvalue weighted by molar-refractivity contribution is 0.0979. The molecule has 4 heteroatoms. The van der Waals surface area contributed by atoms with Gasteiger partial charge in [0, 0.05) is 17.4 Å². The monoisotopic (exact) mass is 266 g/mol. The number of halogens is 2. The zero-order valence-corrected chi connectivity index (χ0v) is 10.7. The van der Waals surface area contributed by atoms with Crippen molar-refractivity contribution >= 4 is 17.1 Å². The Morgan fingerprint density at radius 3 is 2.72 bits per heavy atom. The highest BCUT2D eigenvalue weighted by atomic mass is 32.1. The van der Waals surface area contributed by atoms with E-state index < -0.39 is 11.6 Å².